The fourth-order valence-corrected chi connectivity index (χ4v) is 6.02. The molecule has 2 unspecified atom stereocenters. The number of nitrogens with zero attached hydrogens (tertiary/aromatic N) is 2. The summed E-state index contributed by atoms with van der Waals surface area (Å²) in [5.41, 5.74) is 10.1. The summed E-state index contributed by atoms with van der Waals surface area (Å²) in [4.78, 5) is 43.6. The van der Waals surface area contributed by atoms with Crippen LogP contribution >= 0.6 is 39.1 Å². The van der Waals surface area contributed by atoms with E-state index < -0.39 is 23.8 Å². The Morgan fingerprint density at radius 3 is 1.90 bits per heavy atom. The molecule has 3 amide bonds. The van der Waals surface area contributed by atoms with Gasteiger partial charge in [-0.3, -0.25) is 14.8 Å². The molecule has 2 heterocycles. The van der Waals surface area contributed by atoms with E-state index in [0.29, 0.717) is 35.5 Å². The van der Waals surface area contributed by atoms with Crippen LogP contribution in [-0.4, -0.2) is 42.3 Å². The molecule has 2 aliphatic rings. The highest BCUT2D eigenvalue weighted by Crippen LogP contribution is 2.34. The van der Waals surface area contributed by atoms with Crippen molar-refractivity contribution in [2.75, 3.05) is 25.3 Å². The van der Waals surface area contributed by atoms with Crippen molar-refractivity contribution in [1.29, 1.82) is 0 Å². The number of alkyl carbamates (subject to hydrolysis) is 2. The Balaban J connectivity index is 0.000000189. The summed E-state index contributed by atoms with van der Waals surface area (Å²) >= 11 is 14.6. The third kappa shape index (κ3) is 9.77. The van der Waals surface area contributed by atoms with Crippen LogP contribution in [0.4, 0.5) is 29.7 Å². The van der Waals surface area contributed by atoms with Crippen LogP contribution in [0.5, 0.6) is 0 Å². The molecule has 49 heavy (non-hydrogen) atoms. The third-order valence-electron chi connectivity index (χ3n) is 7.47. The normalized spacial score (nSPS) is 15.2. The number of hydrogen-bond donors (Lipinski definition) is 4. The number of methoxy groups -OCH3 is 2. The summed E-state index contributed by atoms with van der Waals surface area (Å²) in [6.07, 6.45) is 5.33. The average molecular weight is 780 g/mol. The maximum absolute atomic E-state index is 13.2. The highest BCUT2D eigenvalue weighted by Gasteiger charge is 2.30. The number of carbonyl (C=O) groups excluding carboxylic acids is 3. The molecule has 0 saturated carbocycles. The van der Waals surface area contributed by atoms with Crippen molar-refractivity contribution in [1.82, 2.24) is 20.6 Å². The maximum atomic E-state index is 13.2. The molecule has 0 saturated heterocycles. The van der Waals surface area contributed by atoms with E-state index in [2.05, 4.69) is 51.3 Å². The topological polar surface area (TPSA) is 158 Å². The Kier molecular flexibility index (Phi) is 13.1. The number of anilines is 2. The fourth-order valence-electron chi connectivity index (χ4n) is 5.13. The molecule has 4 aromatic rings. The zero-order valence-electron chi connectivity index (χ0n) is 26.2. The molecule has 2 aromatic carbocycles. The second kappa shape index (κ2) is 17.2. The van der Waals surface area contributed by atoms with E-state index in [1.165, 1.54) is 62.4 Å². The standard InChI is InChI=1S/C17H15ClFN3O3.C10H11BrN2O2.C6H5ClFN/c1-25-17(24)22-14-5-3-10-11(6-7-20-15(10)14)16(23)21-9-2-4-13(19)12(18)8-9;1-15-10(14)13-8-3-2-6-7(11)4-5-12-9(6)8;7-5-3-4(9)1-2-6(5)8/h2,4,6-8,14H,3,5H2,1H3,(H,21,23)(H,22,24);4-5,8H,2-3H2,1H3,(H,13,14);1-3H,9H2. The quantitative estimate of drug-likeness (QED) is 0.153. The van der Waals surface area contributed by atoms with E-state index in [9.17, 15) is 23.2 Å². The second-order valence-corrected chi connectivity index (χ2v) is 12.3. The van der Waals surface area contributed by atoms with Crippen LogP contribution in [0, 0.1) is 11.6 Å². The Morgan fingerprint density at radius 2 is 1.35 bits per heavy atom. The lowest BCUT2D eigenvalue weighted by Gasteiger charge is -2.13. The number of aromatic nitrogens is 2. The zero-order chi connectivity index (χ0) is 35.7. The highest BCUT2D eigenvalue weighted by atomic mass is 79.9. The van der Waals surface area contributed by atoms with Gasteiger partial charge in [0, 0.05) is 33.8 Å². The molecular formula is C33H31BrCl2F2N6O5. The van der Waals surface area contributed by atoms with Gasteiger partial charge in [-0.25, -0.2) is 18.4 Å². The van der Waals surface area contributed by atoms with Gasteiger partial charge in [0.1, 0.15) is 11.6 Å². The van der Waals surface area contributed by atoms with Gasteiger partial charge in [-0.1, -0.05) is 39.1 Å². The monoisotopic (exact) mass is 778 g/mol. The SMILES string of the molecule is COC(=O)NC1CCc2c(Br)ccnc21.COC(=O)NC1CCc2c(C(=O)Nc3ccc(F)c(Cl)c3)ccnc21.Nc1ccc(F)c(Cl)c1. The first-order chi connectivity index (χ1) is 23.4. The van der Waals surface area contributed by atoms with Crippen LogP contribution in [0.1, 0.15) is 57.8 Å². The van der Waals surface area contributed by atoms with Crippen LogP contribution < -0.4 is 21.7 Å². The molecular weight excluding hydrogens is 749 g/mol. The number of nitrogen functional groups attached to an aromatic ring is 1. The number of hydrogen-bond acceptors (Lipinski definition) is 8. The summed E-state index contributed by atoms with van der Waals surface area (Å²) in [5.74, 6) is -1.34. The van der Waals surface area contributed by atoms with Gasteiger partial charge in [0.25, 0.3) is 5.91 Å². The van der Waals surface area contributed by atoms with Gasteiger partial charge in [0.05, 0.1) is 47.7 Å². The summed E-state index contributed by atoms with van der Waals surface area (Å²) in [6, 6.07) is 11.2. The van der Waals surface area contributed by atoms with Crippen LogP contribution in [0.3, 0.4) is 0 Å². The van der Waals surface area contributed by atoms with Gasteiger partial charge in [0.2, 0.25) is 0 Å². The molecule has 5 N–H and O–H groups in total. The number of nitrogens with two attached hydrogens (primary N) is 1. The van der Waals surface area contributed by atoms with Crippen molar-refractivity contribution in [3.05, 3.63) is 115 Å². The molecule has 2 aromatic heterocycles. The van der Waals surface area contributed by atoms with Crippen molar-refractivity contribution >= 4 is 68.6 Å². The predicted octanol–water partition coefficient (Wildman–Crippen LogP) is 7.72. The van der Waals surface area contributed by atoms with E-state index in [4.69, 9.17) is 28.9 Å². The van der Waals surface area contributed by atoms with Crippen molar-refractivity contribution in [3.8, 4) is 0 Å². The first-order valence-electron chi connectivity index (χ1n) is 14.7. The molecule has 6 rings (SSSR count). The molecule has 2 atom stereocenters. The molecule has 0 aliphatic heterocycles. The van der Waals surface area contributed by atoms with Gasteiger partial charge in [-0.15, -0.1) is 0 Å². The molecule has 0 fully saturated rings. The summed E-state index contributed by atoms with van der Waals surface area (Å²) in [7, 11) is 2.65. The van der Waals surface area contributed by atoms with Gasteiger partial charge < -0.3 is 31.2 Å². The average Bonchev–Trinajstić information content (AvgIpc) is 3.69. The van der Waals surface area contributed by atoms with E-state index in [1.807, 2.05) is 6.07 Å². The number of rotatable bonds is 4. The van der Waals surface area contributed by atoms with Crippen LogP contribution in [0.25, 0.3) is 0 Å². The van der Waals surface area contributed by atoms with Crippen molar-refractivity contribution in [2.45, 2.75) is 37.8 Å². The van der Waals surface area contributed by atoms with Crippen LogP contribution in [0.2, 0.25) is 10.0 Å². The number of carbonyl (C=O) groups is 3. The molecule has 2 aliphatic carbocycles. The number of fused-ring (bicyclic) bond motifs is 2. The van der Waals surface area contributed by atoms with E-state index in [-0.39, 0.29) is 28.0 Å². The fraction of sp³-hybridized carbons (Fsp3) is 0.242. The van der Waals surface area contributed by atoms with Gasteiger partial charge in [-0.05, 0) is 85.3 Å². The molecule has 258 valence electrons. The lowest BCUT2D eigenvalue weighted by atomic mass is 10.1. The molecule has 11 nitrogen and oxygen atoms in total. The van der Waals surface area contributed by atoms with Gasteiger partial charge in [-0.2, -0.15) is 0 Å². The number of pyridine rings is 2. The zero-order valence-corrected chi connectivity index (χ0v) is 29.3. The third-order valence-corrected chi connectivity index (χ3v) is 8.79. The van der Waals surface area contributed by atoms with Crippen molar-refractivity contribution in [3.63, 3.8) is 0 Å². The minimum absolute atomic E-state index is 0.0232. The predicted molar refractivity (Wildman–Crippen MR) is 185 cm³/mol. The highest BCUT2D eigenvalue weighted by molar-refractivity contribution is 9.10. The molecule has 0 radical (unpaired) electrons. The number of halogens is 5. The summed E-state index contributed by atoms with van der Waals surface area (Å²) in [5, 5.41) is 8.16. The summed E-state index contributed by atoms with van der Waals surface area (Å²) in [6.45, 7) is 0. The molecule has 16 heteroatoms. The Hall–Kier alpha value is -4.53. The number of benzene rings is 2. The van der Waals surface area contributed by atoms with Crippen molar-refractivity contribution < 1.29 is 32.6 Å². The minimum atomic E-state index is -0.554. The Bertz CT molecular complexity index is 1850. The van der Waals surface area contributed by atoms with Gasteiger partial charge in [0.15, 0.2) is 0 Å². The van der Waals surface area contributed by atoms with Crippen LogP contribution in [0.15, 0.2) is 65.4 Å². The smallest absolute Gasteiger partial charge is 0.407 e. The van der Waals surface area contributed by atoms with E-state index >= 15 is 0 Å². The number of nitrogens with one attached hydrogen (secondary N) is 3. The first-order valence-corrected chi connectivity index (χ1v) is 16.2. The Morgan fingerprint density at radius 1 is 0.816 bits per heavy atom. The van der Waals surface area contributed by atoms with Gasteiger partial charge >= 0.3 is 12.2 Å². The minimum Gasteiger partial charge on any atom is -0.453 e. The lowest BCUT2D eigenvalue weighted by Crippen LogP contribution is -2.27. The Labute approximate surface area is 299 Å². The second-order valence-electron chi connectivity index (χ2n) is 10.6. The van der Waals surface area contributed by atoms with E-state index in [1.54, 1.807) is 12.3 Å². The maximum Gasteiger partial charge on any atom is 0.407 e. The first kappa shape index (κ1) is 37.3. The number of amides is 3. The lowest BCUT2D eigenvalue weighted by molar-refractivity contribution is 0.102. The molecule has 0 bridgehead atoms. The van der Waals surface area contributed by atoms with E-state index in [0.717, 1.165) is 28.6 Å². The summed E-state index contributed by atoms with van der Waals surface area (Å²) < 4.78 is 35.8. The molecule has 0 spiro atoms. The number of ether oxygens (including phenoxy) is 2. The van der Waals surface area contributed by atoms with Crippen molar-refractivity contribution in [2.24, 2.45) is 0 Å². The largest absolute Gasteiger partial charge is 0.453 e. The van der Waals surface area contributed by atoms with Crippen LogP contribution in [-0.2, 0) is 22.3 Å².